The summed E-state index contributed by atoms with van der Waals surface area (Å²) in [7, 11) is 0. The summed E-state index contributed by atoms with van der Waals surface area (Å²) in [4.78, 5) is 0. The fourth-order valence-corrected chi connectivity index (χ4v) is 5.02. The van der Waals surface area contributed by atoms with Gasteiger partial charge in [0.25, 0.3) is 0 Å². The molecule has 0 aromatic heterocycles. The van der Waals surface area contributed by atoms with E-state index in [0.29, 0.717) is 32.8 Å². The van der Waals surface area contributed by atoms with Gasteiger partial charge < -0.3 is 37.9 Å². The van der Waals surface area contributed by atoms with Gasteiger partial charge in [0, 0.05) is 12.0 Å². The summed E-state index contributed by atoms with van der Waals surface area (Å²) in [5.74, 6) is 3.38. The van der Waals surface area contributed by atoms with Crippen LogP contribution in [0.5, 0.6) is 23.0 Å². The zero-order chi connectivity index (χ0) is 27.2. The van der Waals surface area contributed by atoms with Gasteiger partial charge in [-0.25, -0.2) is 0 Å². The zero-order valence-electron chi connectivity index (χ0n) is 22.7. The topological polar surface area (TPSA) is 87.0 Å². The van der Waals surface area contributed by atoms with Crippen molar-refractivity contribution >= 4 is 21.5 Å². The molecule has 4 fully saturated rings. The molecule has 0 spiro atoms. The highest BCUT2D eigenvalue weighted by Gasteiger charge is 2.27. The highest BCUT2D eigenvalue weighted by molar-refractivity contribution is 5.90. The second-order valence-corrected chi connectivity index (χ2v) is 11.1. The number of rotatable bonds is 14. The summed E-state index contributed by atoms with van der Waals surface area (Å²) >= 11 is 0. The molecule has 0 aliphatic carbocycles. The molecule has 4 aliphatic rings. The van der Waals surface area contributed by atoms with Crippen LogP contribution in [-0.4, -0.2) is 77.3 Å². The molecule has 0 bridgehead atoms. The molecule has 0 N–H and O–H groups in total. The van der Waals surface area contributed by atoms with Gasteiger partial charge in [-0.1, -0.05) is 18.2 Å². The Kier molecular flexibility index (Phi) is 6.56. The van der Waals surface area contributed by atoms with E-state index < -0.39 is 0 Å². The van der Waals surface area contributed by atoms with Crippen LogP contribution in [0.4, 0.5) is 0 Å². The van der Waals surface area contributed by atoms with E-state index in [-0.39, 0.29) is 24.4 Å². The second kappa shape index (κ2) is 10.7. The molecule has 4 unspecified atom stereocenters. The Balaban J connectivity index is 1.15. The molecule has 41 heavy (non-hydrogen) atoms. The van der Waals surface area contributed by atoms with Crippen LogP contribution in [0.25, 0.3) is 21.5 Å². The zero-order valence-corrected chi connectivity index (χ0v) is 22.7. The lowest BCUT2D eigenvalue weighted by molar-refractivity contribution is 0.259. The van der Waals surface area contributed by atoms with Crippen LogP contribution in [-0.2, 0) is 25.4 Å². The molecule has 4 aromatic rings. The van der Waals surface area contributed by atoms with Crippen LogP contribution < -0.4 is 18.9 Å². The fraction of sp³-hybridized carbons (Fsp3) is 0.394. The molecule has 4 heterocycles. The largest absolute Gasteiger partial charge is 0.491 e. The molecule has 212 valence electrons. The summed E-state index contributed by atoms with van der Waals surface area (Å²) in [5.41, 5.74) is 2.18. The third kappa shape index (κ3) is 6.21. The predicted molar refractivity (Wildman–Crippen MR) is 152 cm³/mol. The van der Waals surface area contributed by atoms with Gasteiger partial charge >= 0.3 is 0 Å². The highest BCUT2D eigenvalue weighted by Crippen LogP contribution is 2.37. The lowest BCUT2D eigenvalue weighted by Crippen LogP contribution is -2.09. The van der Waals surface area contributed by atoms with Crippen molar-refractivity contribution < 1.29 is 37.9 Å². The minimum Gasteiger partial charge on any atom is -0.491 e. The first kappa shape index (κ1) is 25.2. The molecular formula is C33H32O8. The molecule has 8 nitrogen and oxygen atoms in total. The van der Waals surface area contributed by atoms with Crippen LogP contribution in [0.1, 0.15) is 11.1 Å². The van der Waals surface area contributed by atoms with Gasteiger partial charge in [0.1, 0.15) is 73.8 Å². The summed E-state index contributed by atoms with van der Waals surface area (Å²) in [6.07, 6.45) is 1.37. The maximum absolute atomic E-state index is 6.33. The lowest BCUT2D eigenvalue weighted by atomic mass is 9.95. The van der Waals surface area contributed by atoms with Crippen molar-refractivity contribution in [3.05, 3.63) is 71.8 Å². The summed E-state index contributed by atoms with van der Waals surface area (Å²) in [6, 6.07) is 20.9. The van der Waals surface area contributed by atoms with Crippen LogP contribution in [0.15, 0.2) is 60.7 Å². The van der Waals surface area contributed by atoms with Gasteiger partial charge in [-0.15, -0.1) is 0 Å². The predicted octanol–water partition coefficient (Wildman–Crippen LogP) is 4.69. The van der Waals surface area contributed by atoms with E-state index in [1.165, 1.54) is 0 Å². The van der Waals surface area contributed by atoms with Crippen LogP contribution in [0.2, 0.25) is 0 Å². The van der Waals surface area contributed by atoms with E-state index in [2.05, 4.69) is 48.5 Å². The minimum absolute atomic E-state index is 0.161. The fourth-order valence-electron chi connectivity index (χ4n) is 5.02. The molecule has 8 heteroatoms. The van der Waals surface area contributed by atoms with Gasteiger partial charge in [-0.2, -0.15) is 0 Å². The highest BCUT2D eigenvalue weighted by atomic mass is 16.6. The van der Waals surface area contributed by atoms with E-state index in [0.717, 1.165) is 82.1 Å². The molecule has 0 amide bonds. The van der Waals surface area contributed by atoms with Crippen molar-refractivity contribution in [1.82, 2.24) is 0 Å². The monoisotopic (exact) mass is 556 g/mol. The van der Waals surface area contributed by atoms with Crippen molar-refractivity contribution in [1.29, 1.82) is 0 Å². The SMILES string of the molecule is c1cc2cc(OCC3CO3)c(Cc3c(OCC4CO4)ccc4cc(OCC5CO5)ccc34)cc2cc1OCC1CO1. The van der Waals surface area contributed by atoms with E-state index in [4.69, 9.17) is 37.9 Å². The Morgan fingerprint density at radius 3 is 1.68 bits per heavy atom. The van der Waals surface area contributed by atoms with Gasteiger partial charge in [-0.05, 0) is 69.6 Å². The van der Waals surface area contributed by atoms with Crippen LogP contribution >= 0.6 is 0 Å². The van der Waals surface area contributed by atoms with E-state index >= 15 is 0 Å². The van der Waals surface area contributed by atoms with Gasteiger partial charge in [-0.3, -0.25) is 0 Å². The molecular weight excluding hydrogens is 524 g/mol. The molecule has 4 atom stereocenters. The third-order valence-electron chi connectivity index (χ3n) is 7.75. The van der Waals surface area contributed by atoms with Crippen molar-refractivity contribution in [2.45, 2.75) is 30.8 Å². The maximum atomic E-state index is 6.33. The Morgan fingerprint density at radius 1 is 0.512 bits per heavy atom. The number of hydrogen-bond acceptors (Lipinski definition) is 8. The van der Waals surface area contributed by atoms with Crippen LogP contribution in [0.3, 0.4) is 0 Å². The summed E-state index contributed by atoms with van der Waals surface area (Å²) in [5, 5.41) is 4.40. The van der Waals surface area contributed by atoms with Crippen molar-refractivity contribution in [3.63, 3.8) is 0 Å². The summed E-state index contributed by atoms with van der Waals surface area (Å²) < 4.78 is 46.0. The quantitative estimate of drug-likeness (QED) is 0.207. The van der Waals surface area contributed by atoms with Crippen molar-refractivity contribution in [3.8, 4) is 23.0 Å². The Bertz CT molecular complexity index is 1570. The molecule has 8 rings (SSSR count). The summed E-state index contributed by atoms with van der Waals surface area (Å²) in [6.45, 7) is 5.25. The Labute approximate surface area is 237 Å². The van der Waals surface area contributed by atoms with E-state index in [9.17, 15) is 0 Å². The second-order valence-electron chi connectivity index (χ2n) is 11.1. The first-order valence-electron chi connectivity index (χ1n) is 14.3. The number of epoxide rings is 4. The van der Waals surface area contributed by atoms with E-state index in [1.807, 2.05) is 12.1 Å². The van der Waals surface area contributed by atoms with Crippen LogP contribution in [0, 0.1) is 0 Å². The number of benzene rings is 4. The van der Waals surface area contributed by atoms with Gasteiger partial charge in [0.2, 0.25) is 0 Å². The Hall–Kier alpha value is -3.56. The minimum atomic E-state index is 0.161. The molecule has 4 saturated heterocycles. The molecule has 4 aromatic carbocycles. The average molecular weight is 557 g/mol. The van der Waals surface area contributed by atoms with Crippen molar-refractivity contribution in [2.24, 2.45) is 0 Å². The van der Waals surface area contributed by atoms with E-state index in [1.54, 1.807) is 0 Å². The number of hydrogen-bond donors (Lipinski definition) is 0. The normalized spacial score (nSPS) is 23.8. The molecule has 4 aliphatic heterocycles. The third-order valence-corrected chi connectivity index (χ3v) is 7.75. The van der Waals surface area contributed by atoms with Crippen molar-refractivity contribution in [2.75, 3.05) is 52.9 Å². The number of ether oxygens (including phenoxy) is 8. The Morgan fingerprint density at radius 2 is 1.05 bits per heavy atom. The average Bonchev–Trinajstić information content (AvgIpc) is 3.83. The molecule has 0 saturated carbocycles. The first-order valence-corrected chi connectivity index (χ1v) is 14.3. The van der Waals surface area contributed by atoms with Gasteiger partial charge in [0.15, 0.2) is 0 Å². The van der Waals surface area contributed by atoms with Gasteiger partial charge in [0.05, 0.1) is 26.4 Å². The smallest absolute Gasteiger partial charge is 0.123 e. The molecule has 0 radical (unpaired) electrons. The maximum Gasteiger partial charge on any atom is 0.123 e. The standard InChI is InChI=1S/C33H32O8/c1-3-24(34-12-26-14-36-26)9-22-7-23(33(11-20(1)22)41-19-29-17-39-29)10-31-30-5-4-25(35-13-27-15-37-27)8-21(30)2-6-32(31)40-18-28-16-38-28/h1-9,11,26-29H,10,12-19H2. The lowest BCUT2D eigenvalue weighted by Gasteiger charge is -2.18. The number of fused-ring (bicyclic) bond motifs is 2. The first-order chi connectivity index (χ1) is 20.2.